The lowest BCUT2D eigenvalue weighted by Gasteiger charge is -2.32. The van der Waals surface area contributed by atoms with E-state index in [1.165, 1.54) is 6.42 Å². The van der Waals surface area contributed by atoms with Gasteiger partial charge in [-0.2, -0.15) is 0 Å². The first-order chi connectivity index (χ1) is 8.19. The molecule has 1 saturated heterocycles. The summed E-state index contributed by atoms with van der Waals surface area (Å²) in [6.07, 6.45) is 2.70. The molecule has 1 aliphatic heterocycles. The number of nitrogens with two attached hydrogens (primary N) is 1. The number of halogens is 1. The molecule has 0 radical (unpaired) electrons. The molecule has 3 nitrogen and oxygen atoms in total. The fourth-order valence-corrected chi connectivity index (χ4v) is 2.53. The van der Waals surface area contributed by atoms with E-state index in [0.29, 0.717) is 11.8 Å². The zero-order chi connectivity index (χ0) is 12.3. The third-order valence-electron chi connectivity index (χ3n) is 3.27. The summed E-state index contributed by atoms with van der Waals surface area (Å²) in [5.74, 6) is 0. The molecule has 0 bridgehead atoms. The second kappa shape index (κ2) is 5.71. The summed E-state index contributed by atoms with van der Waals surface area (Å²) in [7, 11) is 1.78. The number of methoxy groups -OCH3 is 1. The van der Waals surface area contributed by atoms with E-state index in [0.717, 1.165) is 36.6 Å². The number of likely N-dealkylation sites (tertiary alicyclic amines) is 1. The lowest BCUT2D eigenvalue weighted by Crippen LogP contribution is -2.38. The molecule has 0 aromatic heterocycles. The van der Waals surface area contributed by atoms with Crippen molar-refractivity contribution in [3.63, 3.8) is 0 Å². The number of benzene rings is 1. The Morgan fingerprint density at radius 1 is 1.53 bits per heavy atom. The second-order valence-electron chi connectivity index (χ2n) is 4.59. The van der Waals surface area contributed by atoms with E-state index in [1.807, 2.05) is 18.2 Å². The molecular formula is C13H19ClN2O. The van der Waals surface area contributed by atoms with Gasteiger partial charge in [0.2, 0.25) is 0 Å². The zero-order valence-corrected chi connectivity index (χ0v) is 10.9. The average molecular weight is 255 g/mol. The highest BCUT2D eigenvalue weighted by atomic mass is 35.5. The molecule has 1 fully saturated rings. The summed E-state index contributed by atoms with van der Waals surface area (Å²) >= 11 is 6.18. The van der Waals surface area contributed by atoms with Gasteiger partial charge in [0.15, 0.2) is 0 Å². The molecule has 1 unspecified atom stereocenters. The number of rotatable bonds is 3. The minimum Gasteiger partial charge on any atom is -0.399 e. The van der Waals surface area contributed by atoms with E-state index in [2.05, 4.69) is 4.90 Å². The van der Waals surface area contributed by atoms with Gasteiger partial charge >= 0.3 is 0 Å². The van der Waals surface area contributed by atoms with Crippen LogP contribution in [-0.2, 0) is 11.3 Å². The molecule has 0 spiro atoms. The van der Waals surface area contributed by atoms with Gasteiger partial charge in [0, 0.05) is 30.9 Å². The van der Waals surface area contributed by atoms with Crippen LogP contribution in [-0.4, -0.2) is 31.2 Å². The van der Waals surface area contributed by atoms with Crippen molar-refractivity contribution in [2.45, 2.75) is 25.5 Å². The largest absolute Gasteiger partial charge is 0.399 e. The van der Waals surface area contributed by atoms with Crippen LogP contribution in [0, 0.1) is 0 Å². The number of piperidine rings is 1. The van der Waals surface area contributed by atoms with Crippen LogP contribution >= 0.6 is 11.6 Å². The predicted octanol–water partition coefficient (Wildman–Crippen LogP) is 2.53. The molecule has 0 aliphatic carbocycles. The smallest absolute Gasteiger partial charge is 0.0698 e. The molecule has 1 aromatic carbocycles. The third-order valence-corrected chi connectivity index (χ3v) is 3.62. The van der Waals surface area contributed by atoms with Crippen molar-refractivity contribution in [2.75, 3.05) is 25.9 Å². The van der Waals surface area contributed by atoms with Crippen molar-refractivity contribution in [1.29, 1.82) is 0 Å². The van der Waals surface area contributed by atoms with Gasteiger partial charge < -0.3 is 10.5 Å². The Kier molecular flexibility index (Phi) is 4.26. The highest BCUT2D eigenvalue weighted by molar-refractivity contribution is 6.31. The van der Waals surface area contributed by atoms with Crippen molar-refractivity contribution in [3.8, 4) is 0 Å². The lowest BCUT2D eigenvalue weighted by molar-refractivity contribution is 0.0285. The van der Waals surface area contributed by atoms with Crippen LogP contribution in [0.3, 0.4) is 0 Å². The van der Waals surface area contributed by atoms with E-state index in [4.69, 9.17) is 22.1 Å². The molecule has 1 aromatic rings. The average Bonchev–Trinajstić information content (AvgIpc) is 2.33. The van der Waals surface area contributed by atoms with Crippen LogP contribution in [0.4, 0.5) is 5.69 Å². The standard InChI is InChI=1S/C13H19ClN2O/c1-17-12-3-2-6-16(9-12)8-10-4-5-11(15)7-13(10)14/h4-5,7,12H,2-3,6,8-9,15H2,1H3. The maximum absolute atomic E-state index is 6.18. The second-order valence-corrected chi connectivity index (χ2v) is 4.99. The summed E-state index contributed by atoms with van der Waals surface area (Å²) in [5.41, 5.74) is 7.54. The number of nitrogens with zero attached hydrogens (tertiary/aromatic N) is 1. The van der Waals surface area contributed by atoms with Gasteiger partial charge in [0.05, 0.1) is 6.10 Å². The summed E-state index contributed by atoms with van der Waals surface area (Å²) in [6, 6.07) is 5.72. The van der Waals surface area contributed by atoms with Crippen LogP contribution in [0.15, 0.2) is 18.2 Å². The maximum Gasteiger partial charge on any atom is 0.0698 e. The normalized spacial score (nSPS) is 21.6. The van der Waals surface area contributed by atoms with Crippen LogP contribution in [0.1, 0.15) is 18.4 Å². The van der Waals surface area contributed by atoms with Gasteiger partial charge in [-0.05, 0) is 37.1 Å². The predicted molar refractivity (Wildman–Crippen MR) is 71.2 cm³/mol. The Bertz CT molecular complexity index is 384. The van der Waals surface area contributed by atoms with Crippen LogP contribution in [0.25, 0.3) is 0 Å². The van der Waals surface area contributed by atoms with Gasteiger partial charge in [-0.15, -0.1) is 0 Å². The third kappa shape index (κ3) is 3.35. The van der Waals surface area contributed by atoms with Crippen LogP contribution in [0.2, 0.25) is 5.02 Å². The van der Waals surface area contributed by atoms with Gasteiger partial charge in [0.25, 0.3) is 0 Å². The van der Waals surface area contributed by atoms with Crippen molar-refractivity contribution >= 4 is 17.3 Å². The molecule has 0 amide bonds. The SMILES string of the molecule is COC1CCCN(Cc2ccc(N)cc2Cl)C1. The van der Waals surface area contributed by atoms with E-state index in [1.54, 1.807) is 7.11 Å². The van der Waals surface area contributed by atoms with Crippen molar-refractivity contribution in [2.24, 2.45) is 0 Å². The summed E-state index contributed by atoms with van der Waals surface area (Å²) in [4.78, 5) is 2.38. The first-order valence-electron chi connectivity index (χ1n) is 5.98. The zero-order valence-electron chi connectivity index (χ0n) is 10.2. The van der Waals surface area contributed by atoms with E-state index < -0.39 is 0 Å². The Hall–Kier alpha value is -0.770. The molecule has 0 saturated carbocycles. The first kappa shape index (κ1) is 12.7. The van der Waals surface area contributed by atoms with E-state index in [9.17, 15) is 0 Å². The van der Waals surface area contributed by atoms with Gasteiger partial charge in [-0.1, -0.05) is 17.7 Å². The number of nitrogen functional groups attached to an aromatic ring is 1. The fraction of sp³-hybridized carbons (Fsp3) is 0.538. The minimum atomic E-state index is 0.358. The minimum absolute atomic E-state index is 0.358. The molecule has 4 heteroatoms. The summed E-state index contributed by atoms with van der Waals surface area (Å²) in [5, 5.41) is 0.754. The number of anilines is 1. The van der Waals surface area contributed by atoms with Gasteiger partial charge in [-0.25, -0.2) is 0 Å². The molecule has 1 aliphatic rings. The Morgan fingerprint density at radius 2 is 2.35 bits per heavy atom. The summed E-state index contributed by atoms with van der Waals surface area (Å²) < 4.78 is 5.41. The molecule has 17 heavy (non-hydrogen) atoms. The van der Waals surface area contributed by atoms with Crippen LogP contribution < -0.4 is 5.73 Å². The van der Waals surface area contributed by atoms with Crippen molar-refractivity contribution in [1.82, 2.24) is 4.90 Å². The van der Waals surface area contributed by atoms with Crippen molar-refractivity contribution < 1.29 is 4.74 Å². The van der Waals surface area contributed by atoms with Crippen LogP contribution in [0.5, 0.6) is 0 Å². The fourth-order valence-electron chi connectivity index (χ4n) is 2.28. The molecular weight excluding hydrogens is 236 g/mol. The highest BCUT2D eigenvalue weighted by Gasteiger charge is 2.19. The van der Waals surface area contributed by atoms with E-state index >= 15 is 0 Å². The van der Waals surface area contributed by atoms with Crippen molar-refractivity contribution in [3.05, 3.63) is 28.8 Å². The van der Waals surface area contributed by atoms with E-state index in [-0.39, 0.29) is 0 Å². The quantitative estimate of drug-likeness (QED) is 0.843. The lowest BCUT2D eigenvalue weighted by atomic mass is 10.1. The summed E-state index contributed by atoms with van der Waals surface area (Å²) in [6.45, 7) is 2.97. The molecule has 1 heterocycles. The molecule has 2 rings (SSSR count). The van der Waals surface area contributed by atoms with Gasteiger partial charge in [0.1, 0.15) is 0 Å². The molecule has 94 valence electrons. The highest BCUT2D eigenvalue weighted by Crippen LogP contribution is 2.22. The number of hydrogen-bond acceptors (Lipinski definition) is 3. The molecule has 1 atom stereocenters. The Morgan fingerprint density at radius 3 is 3.06 bits per heavy atom. The Balaban J connectivity index is 2.00. The monoisotopic (exact) mass is 254 g/mol. The Labute approximate surface area is 107 Å². The maximum atomic E-state index is 6.18. The topological polar surface area (TPSA) is 38.5 Å². The molecule has 2 N–H and O–H groups in total. The number of ether oxygens (including phenoxy) is 1. The number of hydrogen-bond donors (Lipinski definition) is 1. The van der Waals surface area contributed by atoms with Gasteiger partial charge in [-0.3, -0.25) is 4.90 Å². The first-order valence-corrected chi connectivity index (χ1v) is 6.36.